The van der Waals surface area contributed by atoms with E-state index in [2.05, 4.69) is 9.84 Å². The zero-order valence-electron chi connectivity index (χ0n) is 8.87. The quantitative estimate of drug-likeness (QED) is 0.844. The maximum absolute atomic E-state index is 11.8. The third kappa shape index (κ3) is 3.82. The predicted molar refractivity (Wildman–Crippen MR) is 51.7 cm³/mol. The van der Waals surface area contributed by atoms with Crippen molar-refractivity contribution in [1.29, 1.82) is 0 Å². The largest absolute Gasteiger partial charge is 0.411 e. The zero-order chi connectivity index (χ0) is 12.2. The Kier molecular flexibility index (Phi) is 4.31. The van der Waals surface area contributed by atoms with Gasteiger partial charge in [0.25, 0.3) is 0 Å². The molecule has 16 heavy (non-hydrogen) atoms. The van der Waals surface area contributed by atoms with Gasteiger partial charge in [-0.3, -0.25) is 4.68 Å². The molecule has 0 aliphatic rings. The Balaban J connectivity index is 2.44. The smallest absolute Gasteiger partial charge is 0.370 e. The van der Waals surface area contributed by atoms with Gasteiger partial charge in [0.05, 0.1) is 18.3 Å². The second-order valence-corrected chi connectivity index (χ2v) is 3.31. The monoisotopic (exact) mass is 237 g/mol. The number of hydrogen-bond donors (Lipinski definition) is 1. The van der Waals surface area contributed by atoms with Crippen molar-refractivity contribution in [3.05, 3.63) is 18.0 Å². The molecule has 0 fully saturated rings. The van der Waals surface area contributed by atoms with Crippen molar-refractivity contribution in [2.24, 2.45) is 5.73 Å². The molecule has 4 nitrogen and oxygen atoms in total. The fourth-order valence-corrected chi connectivity index (χ4v) is 1.31. The fourth-order valence-electron chi connectivity index (χ4n) is 1.31. The molecule has 0 aliphatic carbocycles. The lowest BCUT2D eigenvalue weighted by Crippen LogP contribution is -2.25. The van der Waals surface area contributed by atoms with E-state index in [1.54, 1.807) is 16.9 Å². The molecular weight excluding hydrogens is 223 g/mol. The first-order chi connectivity index (χ1) is 7.44. The molecule has 0 bridgehead atoms. The van der Waals surface area contributed by atoms with Gasteiger partial charge in [-0.25, -0.2) is 0 Å². The van der Waals surface area contributed by atoms with Crippen LogP contribution < -0.4 is 5.73 Å². The van der Waals surface area contributed by atoms with E-state index in [0.717, 1.165) is 0 Å². The van der Waals surface area contributed by atoms with Crippen molar-refractivity contribution in [3.8, 4) is 0 Å². The highest BCUT2D eigenvalue weighted by Crippen LogP contribution is 2.16. The van der Waals surface area contributed by atoms with E-state index >= 15 is 0 Å². The third-order valence-electron chi connectivity index (χ3n) is 1.99. The van der Waals surface area contributed by atoms with Gasteiger partial charge >= 0.3 is 6.18 Å². The topological polar surface area (TPSA) is 53.1 Å². The Labute approximate surface area is 91.2 Å². The van der Waals surface area contributed by atoms with Gasteiger partial charge in [-0.1, -0.05) is 0 Å². The SMILES string of the molecule is CCn1nccc1C(N)COCC(F)(F)F. The molecule has 0 aromatic carbocycles. The summed E-state index contributed by atoms with van der Waals surface area (Å²) >= 11 is 0. The summed E-state index contributed by atoms with van der Waals surface area (Å²) in [6.45, 7) is 1.04. The standard InChI is InChI=1S/C9H14F3N3O/c1-2-15-8(3-4-14-15)7(13)5-16-6-9(10,11)12/h3-4,7H,2,5-6,13H2,1H3. The molecule has 7 heteroatoms. The van der Waals surface area contributed by atoms with Crippen LogP contribution in [-0.4, -0.2) is 29.2 Å². The molecule has 1 heterocycles. The van der Waals surface area contributed by atoms with Crippen molar-refractivity contribution in [2.75, 3.05) is 13.2 Å². The molecule has 0 spiro atoms. The maximum atomic E-state index is 11.8. The van der Waals surface area contributed by atoms with Crippen molar-refractivity contribution in [1.82, 2.24) is 9.78 Å². The lowest BCUT2D eigenvalue weighted by molar-refractivity contribution is -0.174. The molecule has 0 aliphatic heterocycles. The molecule has 0 radical (unpaired) electrons. The molecule has 1 aromatic heterocycles. The Bertz CT molecular complexity index is 324. The molecule has 1 rings (SSSR count). The van der Waals surface area contributed by atoms with Gasteiger partial charge in [0.1, 0.15) is 6.61 Å². The molecular formula is C9H14F3N3O. The number of ether oxygens (including phenoxy) is 1. The fraction of sp³-hybridized carbons (Fsp3) is 0.667. The van der Waals surface area contributed by atoms with E-state index in [9.17, 15) is 13.2 Å². The molecule has 2 N–H and O–H groups in total. The van der Waals surface area contributed by atoms with Crippen LogP contribution in [0, 0.1) is 0 Å². The van der Waals surface area contributed by atoms with Crippen LogP contribution in [0.3, 0.4) is 0 Å². The normalized spacial score (nSPS) is 14.1. The summed E-state index contributed by atoms with van der Waals surface area (Å²) in [5.74, 6) is 0. The number of aryl methyl sites for hydroxylation is 1. The highest BCUT2D eigenvalue weighted by Gasteiger charge is 2.27. The van der Waals surface area contributed by atoms with Gasteiger partial charge in [-0.2, -0.15) is 18.3 Å². The molecule has 0 amide bonds. The van der Waals surface area contributed by atoms with Crippen molar-refractivity contribution < 1.29 is 17.9 Å². The van der Waals surface area contributed by atoms with Crippen LogP contribution in [0.25, 0.3) is 0 Å². The zero-order valence-corrected chi connectivity index (χ0v) is 8.87. The molecule has 1 atom stereocenters. The number of nitrogens with two attached hydrogens (primary N) is 1. The number of halogens is 3. The average Bonchev–Trinajstić information content (AvgIpc) is 2.63. The van der Waals surface area contributed by atoms with Crippen LogP contribution >= 0.6 is 0 Å². The van der Waals surface area contributed by atoms with Crippen molar-refractivity contribution in [3.63, 3.8) is 0 Å². The molecule has 1 aromatic rings. The summed E-state index contributed by atoms with van der Waals surface area (Å²) in [5.41, 5.74) is 6.36. The van der Waals surface area contributed by atoms with Gasteiger partial charge < -0.3 is 10.5 Å². The number of aromatic nitrogens is 2. The Morgan fingerprint density at radius 3 is 2.81 bits per heavy atom. The summed E-state index contributed by atoms with van der Waals surface area (Å²) < 4.78 is 41.6. The van der Waals surface area contributed by atoms with Crippen LogP contribution in [0.2, 0.25) is 0 Å². The van der Waals surface area contributed by atoms with E-state index in [1.807, 2.05) is 6.92 Å². The summed E-state index contributed by atoms with van der Waals surface area (Å²) in [7, 11) is 0. The Hall–Kier alpha value is -1.08. The lowest BCUT2D eigenvalue weighted by atomic mass is 10.2. The molecule has 1 unspecified atom stereocenters. The Morgan fingerprint density at radius 1 is 1.56 bits per heavy atom. The number of nitrogens with zero attached hydrogens (tertiary/aromatic N) is 2. The summed E-state index contributed by atoms with van der Waals surface area (Å²) in [6, 6.07) is 1.08. The highest BCUT2D eigenvalue weighted by atomic mass is 19.4. The summed E-state index contributed by atoms with van der Waals surface area (Å²) in [4.78, 5) is 0. The van der Waals surface area contributed by atoms with Gasteiger partial charge in [-0.05, 0) is 13.0 Å². The summed E-state index contributed by atoms with van der Waals surface area (Å²) in [6.07, 6.45) is -2.76. The second-order valence-electron chi connectivity index (χ2n) is 3.31. The van der Waals surface area contributed by atoms with Crippen LogP contribution in [0.4, 0.5) is 13.2 Å². The van der Waals surface area contributed by atoms with E-state index in [0.29, 0.717) is 12.2 Å². The van der Waals surface area contributed by atoms with E-state index < -0.39 is 18.8 Å². The molecule has 0 saturated carbocycles. The number of alkyl halides is 3. The first-order valence-corrected chi connectivity index (χ1v) is 4.86. The first kappa shape index (κ1) is 13.0. The summed E-state index contributed by atoms with van der Waals surface area (Å²) in [5, 5.41) is 3.97. The Morgan fingerprint density at radius 2 is 2.25 bits per heavy atom. The lowest BCUT2D eigenvalue weighted by Gasteiger charge is -2.14. The minimum atomic E-state index is -4.31. The third-order valence-corrected chi connectivity index (χ3v) is 1.99. The minimum Gasteiger partial charge on any atom is -0.370 e. The van der Waals surface area contributed by atoms with E-state index in [-0.39, 0.29) is 6.61 Å². The highest BCUT2D eigenvalue weighted by molar-refractivity contribution is 5.06. The minimum absolute atomic E-state index is 0.175. The number of hydrogen-bond acceptors (Lipinski definition) is 3. The van der Waals surface area contributed by atoms with Crippen molar-refractivity contribution >= 4 is 0 Å². The van der Waals surface area contributed by atoms with Gasteiger partial charge in [0, 0.05) is 12.7 Å². The second kappa shape index (κ2) is 5.31. The predicted octanol–water partition coefficient (Wildman–Crippen LogP) is 1.48. The van der Waals surface area contributed by atoms with Gasteiger partial charge in [0.2, 0.25) is 0 Å². The van der Waals surface area contributed by atoms with Gasteiger partial charge in [-0.15, -0.1) is 0 Å². The van der Waals surface area contributed by atoms with Crippen LogP contribution in [0.15, 0.2) is 12.3 Å². The molecule has 92 valence electrons. The average molecular weight is 237 g/mol. The first-order valence-electron chi connectivity index (χ1n) is 4.86. The van der Waals surface area contributed by atoms with Crippen LogP contribution in [-0.2, 0) is 11.3 Å². The van der Waals surface area contributed by atoms with Crippen LogP contribution in [0.1, 0.15) is 18.7 Å². The van der Waals surface area contributed by atoms with Gasteiger partial charge in [0.15, 0.2) is 0 Å². The maximum Gasteiger partial charge on any atom is 0.411 e. The van der Waals surface area contributed by atoms with Crippen LogP contribution in [0.5, 0.6) is 0 Å². The molecule has 0 saturated heterocycles. The number of rotatable bonds is 5. The van der Waals surface area contributed by atoms with E-state index in [4.69, 9.17) is 5.73 Å². The van der Waals surface area contributed by atoms with Crippen molar-refractivity contribution in [2.45, 2.75) is 25.7 Å². The van der Waals surface area contributed by atoms with E-state index in [1.165, 1.54) is 0 Å².